The van der Waals surface area contributed by atoms with Crippen molar-refractivity contribution in [2.45, 2.75) is 40.0 Å². The molecule has 0 unspecified atom stereocenters. The third-order valence-corrected chi connectivity index (χ3v) is 5.92. The number of carbonyl (C=O) groups excluding carboxylic acids is 1. The Morgan fingerprint density at radius 3 is 2.54 bits per heavy atom. The van der Waals surface area contributed by atoms with Gasteiger partial charge in [-0.15, -0.1) is 0 Å². The Balaban J connectivity index is 1.47. The zero-order valence-corrected chi connectivity index (χ0v) is 17.5. The summed E-state index contributed by atoms with van der Waals surface area (Å²) in [5.74, 6) is 0.650. The molecule has 150 valence electrons. The molecule has 2 aromatic rings. The summed E-state index contributed by atoms with van der Waals surface area (Å²) in [5.41, 5.74) is 4.30. The van der Waals surface area contributed by atoms with Crippen molar-refractivity contribution in [2.24, 2.45) is 5.92 Å². The Labute approximate surface area is 169 Å². The third-order valence-electron chi connectivity index (χ3n) is 5.92. The molecule has 4 nitrogen and oxygen atoms in total. The Morgan fingerprint density at radius 1 is 1.11 bits per heavy atom. The Morgan fingerprint density at radius 2 is 1.86 bits per heavy atom. The van der Waals surface area contributed by atoms with Crippen molar-refractivity contribution < 1.29 is 4.79 Å². The van der Waals surface area contributed by atoms with Crippen molar-refractivity contribution in [3.05, 3.63) is 65.0 Å². The van der Waals surface area contributed by atoms with Crippen LogP contribution in [0.5, 0.6) is 0 Å². The largest absolute Gasteiger partial charge is 0.337 e. The molecule has 0 saturated carbocycles. The van der Waals surface area contributed by atoms with Crippen LogP contribution >= 0.6 is 0 Å². The number of hydrogen-bond acceptors (Lipinski definition) is 3. The van der Waals surface area contributed by atoms with E-state index in [0.29, 0.717) is 11.6 Å². The quantitative estimate of drug-likeness (QED) is 0.726. The molecule has 1 aliphatic rings. The Kier molecular flexibility index (Phi) is 7.21. The molecule has 0 N–H and O–H groups in total. The summed E-state index contributed by atoms with van der Waals surface area (Å²) in [4.78, 5) is 21.8. The average Bonchev–Trinajstić information content (AvgIpc) is 2.72. The molecule has 0 radical (unpaired) electrons. The van der Waals surface area contributed by atoms with Crippen molar-refractivity contribution in [2.75, 3.05) is 32.7 Å². The number of aromatic nitrogens is 1. The summed E-state index contributed by atoms with van der Waals surface area (Å²) in [6.45, 7) is 11.2. The van der Waals surface area contributed by atoms with Gasteiger partial charge in [-0.05, 0) is 82.3 Å². The zero-order chi connectivity index (χ0) is 19.9. The third kappa shape index (κ3) is 5.41. The lowest BCUT2D eigenvalue weighted by Crippen LogP contribution is -2.41. The number of hydrogen-bond donors (Lipinski definition) is 0. The molecule has 0 aliphatic carbocycles. The number of amides is 1. The maximum Gasteiger partial charge on any atom is 0.272 e. The summed E-state index contributed by atoms with van der Waals surface area (Å²) >= 11 is 0. The standard InChI is InChI=1S/C24H33N3O/c1-4-27(24(28)23-11-7-9-20(3)25-23)18-21-12-15-26(16-13-21)17-14-22-10-6-5-8-19(22)2/h5-11,21H,4,12-18H2,1-3H3. The molecule has 2 heterocycles. The van der Waals surface area contributed by atoms with E-state index in [1.807, 2.05) is 30.0 Å². The smallest absolute Gasteiger partial charge is 0.272 e. The van der Waals surface area contributed by atoms with Crippen molar-refractivity contribution in [1.29, 1.82) is 0 Å². The van der Waals surface area contributed by atoms with Gasteiger partial charge in [0.15, 0.2) is 0 Å². The van der Waals surface area contributed by atoms with Gasteiger partial charge >= 0.3 is 0 Å². The van der Waals surface area contributed by atoms with E-state index in [4.69, 9.17) is 0 Å². The van der Waals surface area contributed by atoms with E-state index in [0.717, 1.165) is 44.8 Å². The van der Waals surface area contributed by atoms with Gasteiger partial charge < -0.3 is 9.80 Å². The minimum atomic E-state index is 0.0631. The van der Waals surface area contributed by atoms with Gasteiger partial charge in [0.1, 0.15) is 5.69 Å². The number of aryl methyl sites for hydroxylation is 2. The Bertz CT molecular complexity index is 781. The van der Waals surface area contributed by atoms with E-state index in [9.17, 15) is 4.79 Å². The molecule has 28 heavy (non-hydrogen) atoms. The van der Waals surface area contributed by atoms with Crippen LogP contribution in [-0.4, -0.2) is 53.4 Å². The summed E-state index contributed by atoms with van der Waals surface area (Å²) in [7, 11) is 0. The zero-order valence-electron chi connectivity index (χ0n) is 17.5. The molecule has 0 spiro atoms. The highest BCUT2D eigenvalue weighted by atomic mass is 16.2. The number of benzene rings is 1. The molecule has 1 aromatic heterocycles. The number of likely N-dealkylation sites (tertiary alicyclic amines) is 1. The fourth-order valence-electron chi connectivity index (χ4n) is 4.05. The van der Waals surface area contributed by atoms with Gasteiger partial charge in [0.05, 0.1) is 0 Å². The van der Waals surface area contributed by atoms with Gasteiger partial charge in [-0.3, -0.25) is 4.79 Å². The second kappa shape index (κ2) is 9.83. The summed E-state index contributed by atoms with van der Waals surface area (Å²) in [6.07, 6.45) is 3.45. The van der Waals surface area contributed by atoms with E-state index in [1.54, 1.807) is 0 Å². The first-order valence-electron chi connectivity index (χ1n) is 10.6. The van der Waals surface area contributed by atoms with Crippen LogP contribution in [0.25, 0.3) is 0 Å². The van der Waals surface area contributed by atoms with Crippen LogP contribution in [-0.2, 0) is 6.42 Å². The Hall–Kier alpha value is -2.20. The average molecular weight is 380 g/mol. The van der Waals surface area contributed by atoms with Gasteiger partial charge in [-0.1, -0.05) is 30.3 Å². The number of carbonyl (C=O) groups is 1. The van der Waals surface area contributed by atoms with Crippen molar-refractivity contribution in [1.82, 2.24) is 14.8 Å². The SMILES string of the molecule is CCN(CC1CCN(CCc2ccccc2C)CC1)C(=O)c1cccc(C)n1. The first-order valence-corrected chi connectivity index (χ1v) is 10.6. The monoisotopic (exact) mass is 379 g/mol. The molecule has 1 saturated heterocycles. The number of piperidine rings is 1. The first kappa shape index (κ1) is 20.5. The van der Waals surface area contributed by atoms with Crippen LogP contribution < -0.4 is 0 Å². The molecule has 1 aromatic carbocycles. The second-order valence-corrected chi connectivity index (χ2v) is 7.97. The van der Waals surface area contributed by atoms with Crippen molar-refractivity contribution in [3.63, 3.8) is 0 Å². The minimum Gasteiger partial charge on any atom is -0.337 e. The molecule has 1 fully saturated rings. The van der Waals surface area contributed by atoms with Gasteiger partial charge in [-0.2, -0.15) is 0 Å². The van der Waals surface area contributed by atoms with Crippen molar-refractivity contribution >= 4 is 5.91 Å². The summed E-state index contributed by atoms with van der Waals surface area (Å²) in [5, 5.41) is 0. The van der Waals surface area contributed by atoms with Crippen LogP contribution in [0.4, 0.5) is 0 Å². The van der Waals surface area contributed by atoms with Gasteiger partial charge in [0.25, 0.3) is 5.91 Å². The number of rotatable bonds is 7. The normalized spacial score (nSPS) is 15.5. The fraction of sp³-hybridized carbons (Fsp3) is 0.500. The van der Waals surface area contributed by atoms with Crippen LogP contribution in [0.3, 0.4) is 0 Å². The number of nitrogens with zero attached hydrogens (tertiary/aromatic N) is 3. The second-order valence-electron chi connectivity index (χ2n) is 7.97. The maximum absolute atomic E-state index is 12.8. The lowest BCUT2D eigenvalue weighted by molar-refractivity contribution is 0.0695. The molecule has 0 bridgehead atoms. The van der Waals surface area contributed by atoms with Gasteiger partial charge in [0.2, 0.25) is 0 Å². The predicted octanol–water partition coefficient (Wildman–Crippen LogP) is 4.12. The van der Waals surface area contributed by atoms with Crippen LogP contribution in [0.1, 0.15) is 47.1 Å². The van der Waals surface area contributed by atoms with Gasteiger partial charge in [-0.25, -0.2) is 4.98 Å². The van der Waals surface area contributed by atoms with Crippen LogP contribution in [0.2, 0.25) is 0 Å². The first-order chi connectivity index (χ1) is 13.6. The van der Waals surface area contributed by atoms with Gasteiger partial charge in [0, 0.05) is 25.3 Å². The lowest BCUT2D eigenvalue weighted by atomic mass is 9.95. The molecule has 1 aliphatic heterocycles. The molecule has 4 heteroatoms. The maximum atomic E-state index is 12.8. The van der Waals surface area contributed by atoms with Crippen molar-refractivity contribution in [3.8, 4) is 0 Å². The van der Waals surface area contributed by atoms with E-state index < -0.39 is 0 Å². The fourth-order valence-corrected chi connectivity index (χ4v) is 4.05. The lowest BCUT2D eigenvalue weighted by Gasteiger charge is -2.34. The molecular weight excluding hydrogens is 346 g/mol. The number of pyridine rings is 1. The van der Waals surface area contributed by atoms with E-state index in [1.165, 1.54) is 24.0 Å². The van der Waals surface area contributed by atoms with E-state index >= 15 is 0 Å². The molecule has 3 rings (SSSR count). The molecular formula is C24H33N3O. The van der Waals surface area contributed by atoms with E-state index in [2.05, 4.69) is 48.0 Å². The highest BCUT2D eigenvalue weighted by molar-refractivity contribution is 5.92. The van der Waals surface area contributed by atoms with Crippen LogP contribution in [0, 0.1) is 19.8 Å². The topological polar surface area (TPSA) is 36.4 Å². The highest BCUT2D eigenvalue weighted by Crippen LogP contribution is 2.20. The summed E-state index contributed by atoms with van der Waals surface area (Å²) in [6, 6.07) is 14.3. The predicted molar refractivity (Wildman–Crippen MR) is 115 cm³/mol. The van der Waals surface area contributed by atoms with E-state index in [-0.39, 0.29) is 5.91 Å². The van der Waals surface area contributed by atoms with Crippen LogP contribution in [0.15, 0.2) is 42.5 Å². The highest BCUT2D eigenvalue weighted by Gasteiger charge is 2.24. The molecule has 1 amide bonds. The molecule has 0 atom stereocenters. The summed E-state index contributed by atoms with van der Waals surface area (Å²) < 4.78 is 0. The minimum absolute atomic E-state index is 0.0631.